The summed E-state index contributed by atoms with van der Waals surface area (Å²) in [4.78, 5) is 37.2. The van der Waals surface area contributed by atoms with Crippen molar-refractivity contribution in [2.24, 2.45) is 17.8 Å². The molecule has 0 aromatic heterocycles. The Morgan fingerprint density at radius 2 is 1.85 bits per heavy atom. The van der Waals surface area contributed by atoms with Crippen molar-refractivity contribution in [3.63, 3.8) is 0 Å². The van der Waals surface area contributed by atoms with Gasteiger partial charge >= 0.3 is 0 Å². The Bertz CT molecular complexity index is 1110. The predicted molar refractivity (Wildman–Crippen MR) is 154 cm³/mol. The molecular formula is C30H47NO8. The fourth-order valence-corrected chi connectivity index (χ4v) is 5.28. The molecule has 0 bridgehead atoms. The van der Waals surface area contributed by atoms with Gasteiger partial charge in [0, 0.05) is 28.9 Å². The molecule has 220 valence electrons. The number of phenols is 1. The summed E-state index contributed by atoms with van der Waals surface area (Å²) in [7, 11) is 5.38. The number of fused-ring (bicyclic) bond motifs is 1. The van der Waals surface area contributed by atoms with Crippen LogP contribution in [0.5, 0.6) is 5.75 Å². The van der Waals surface area contributed by atoms with Crippen LogP contribution in [-0.4, -0.2) is 72.6 Å². The summed E-state index contributed by atoms with van der Waals surface area (Å²) in [5, 5.41) is 32.8. The quantitative estimate of drug-likeness (QED) is 0.293. The summed E-state index contributed by atoms with van der Waals surface area (Å²) in [6.45, 7) is 1.21. The Balaban J connectivity index is 0. The molecule has 0 saturated carbocycles. The van der Waals surface area contributed by atoms with Gasteiger partial charge in [0.05, 0.1) is 25.2 Å². The van der Waals surface area contributed by atoms with Gasteiger partial charge in [-0.15, -0.1) is 0 Å². The molecule has 3 rings (SSSR count). The Hall–Kier alpha value is -2.95. The molecule has 9 heteroatoms. The standard InChI is InChI=1S/C28H34O7.C2H7N.H2O.2H2/c1-17(31)10-26(33)24(15-30)21(8-9-29)12-19-13-23-22(6-7-25(32)28(23)27(34)14-19)20-5-3-4-18(11-20)16-35-2;1-3-2;;;/h3-7,11,19,21,24,29-30,32H,8-10,12-16H2,1-2H3;3H,1-2H3;1H2;2*1H. The van der Waals surface area contributed by atoms with Gasteiger partial charge in [0.15, 0.2) is 5.78 Å². The van der Waals surface area contributed by atoms with Crippen molar-refractivity contribution in [3.05, 3.63) is 53.1 Å². The minimum atomic E-state index is -0.767. The lowest BCUT2D eigenvalue weighted by Crippen LogP contribution is -2.32. The minimum Gasteiger partial charge on any atom is -0.507 e. The molecule has 2 aromatic rings. The van der Waals surface area contributed by atoms with E-state index in [2.05, 4.69) is 5.32 Å². The van der Waals surface area contributed by atoms with Crippen molar-refractivity contribution in [3.8, 4) is 16.9 Å². The lowest BCUT2D eigenvalue weighted by atomic mass is 9.72. The zero-order chi connectivity index (χ0) is 28.2. The molecule has 0 aliphatic heterocycles. The van der Waals surface area contributed by atoms with Gasteiger partial charge in [0.25, 0.3) is 0 Å². The van der Waals surface area contributed by atoms with E-state index in [1.165, 1.54) is 6.92 Å². The SMILES string of the molecule is CNC.COCc1cccc(-c2ccc(O)c3c2CC(CC(CCO)C(CO)C(=O)CC(C)=O)CC3=O)c1.O.[HH].[HH]. The normalized spacial score (nSPS) is 15.7. The third kappa shape index (κ3) is 9.33. The van der Waals surface area contributed by atoms with E-state index in [0.29, 0.717) is 31.4 Å². The number of rotatable bonds is 12. The Morgan fingerprint density at radius 3 is 2.44 bits per heavy atom. The number of Topliss-reactive ketones (excluding diaryl/α,β-unsaturated/α-hetero) is 3. The highest BCUT2D eigenvalue weighted by atomic mass is 16.5. The Labute approximate surface area is 233 Å². The highest BCUT2D eigenvalue weighted by Gasteiger charge is 2.35. The molecule has 1 aliphatic rings. The second-order valence-corrected chi connectivity index (χ2v) is 9.96. The zero-order valence-electron chi connectivity index (χ0n) is 23.3. The van der Waals surface area contributed by atoms with E-state index in [1.807, 2.05) is 44.4 Å². The maximum absolute atomic E-state index is 13.1. The first kappa shape index (κ1) is 34.1. The van der Waals surface area contributed by atoms with Gasteiger partial charge in [-0.3, -0.25) is 14.4 Å². The number of ether oxygens (including phenoxy) is 1. The molecule has 3 unspecified atom stereocenters. The number of hydrogen-bond donors (Lipinski definition) is 4. The molecule has 6 N–H and O–H groups in total. The molecule has 1 aliphatic carbocycles. The van der Waals surface area contributed by atoms with Crippen LogP contribution in [0, 0.1) is 17.8 Å². The van der Waals surface area contributed by atoms with Gasteiger partial charge in [-0.2, -0.15) is 0 Å². The smallest absolute Gasteiger partial charge is 0.167 e. The van der Waals surface area contributed by atoms with Crippen molar-refractivity contribution in [1.82, 2.24) is 5.32 Å². The van der Waals surface area contributed by atoms with E-state index in [-0.39, 0.29) is 62.7 Å². The molecule has 0 saturated heterocycles. The van der Waals surface area contributed by atoms with E-state index >= 15 is 0 Å². The fourth-order valence-electron chi connectivity index (χ4n) is 5.28. The monoisotopic (exact) mass is 549 g/mol. The van der Waals surface area contributed by atoms with Gasteiger partial charge < -0.3 is 30.8 Å². The number of methoxy groups -OCH3 is 1. The van der Waals surface area contributed by atoms with Crippen LogP contribution >= 0.6 is 0 Å². The summed E-state index contributed by atoms with van der Waals surface area (Å²) >= 11 is 0. The molecule has 0 radical (unpaired) electrons. The number of aliphatic hydroxyl groups is 2. The van der Waals surface area contributed by atoms with Crippen molar-refractivity contribution < 1.29 is 42.8 Å². The Morgan fingerprint density at radius 1 is 1.15 bits per heavy atom. The summed E-state index contributed by atoms with van der Waals surface area (Å²) in [5.74, 6) is -2.07. The number of hydrogen-bond acceptors (Lipinski definition) is 8. The lowest BCUT2D eigenvalue weighted by Gasteiger charge is -2.31. The van der Waals surface area contributed by atoms with Crippen LogP contribution in [0.4, 0.5) is 0 Å². The van der Waals surface area contributed by atoms with E-state index in [0.717, 1.165) is 22.3 Å². The highest BCUT2D eigenvalue weighted by Crippen LogP contribution is 2.41. The van der Waals surface area contributed by atoms with Crippen LogP contribution in [0.15, 0.2) is 36.4 Å². The maximum Gasteiger partial charge on any atom is 0.167 e. The van der Waals surface area contributed by atoms with E-state index in [9.17, 15) is 29.7 Å². The predicted octanol–water partition coefficient (Wildman–Crippen LogP) is 3.00. The van der Waals surface area contributed by atoms with Gasteiger partial charge in [-0.05, 0) is 86.5 Å². The number of carbonyl (C=O) groups is 3. The van der Waals surface area contributed by atoms with Gasteiger partial charge in [-0.25, -0.2) is 0 Å². The number of carbonyl (C=O) groups excluding carboxylic acids is 3. The molecule has 0 heterocycles. The van der Waals surface area contributed by atoms with Crippen LogP contribution in [0.25, 0.3) is 11.1 Å². The van der Waals surface area contributed by atoms with E-state index in [4.69, 9.17) is 4.74 Å². The van der Waals surface area contributed by atoms with Crippen molar-refractivity contribution in [2.75, 3.05) is 34.4 Å². The fraction of sp³-hybridized carbons (Fsp3) is 0.500. The first-order valence-corrected chi connectivity index (χ1v) is 13.0. The second-order valence-electron chi connectivity index (χ2n) is 9.96. The summed E-state index contributed by atoms with van der Waals surface area (Å²) in [6.07, 6.45) is 1.20. The molecular weight excluding hydrogens is 502 g/mol. The number of aliphatic hydroxyl groups excluding tert-OH is 2. The highest BCUT2D eigenvalue weighted by molar-refractivity contribution is 6.03. The van der Waals surface area contributed by atoms with Crippen molar-refractivity contribution >= 4 is 17.3 Å². The second kappa shape index (κ2) is 16.9. The summed E-state index contributed by atoms with van der Waals surface area (Å²) in [5.41, 5.74) is 3.86. The van der Waals surface area contributed by atoms with Crippen LogP contribution in [0.1, 0.15) is 56.9 Å². The zero-order valence-corrected chi connectivity index (χ0v) is 23.3. The van der Waals surface area contributed by atoms with E-state index < -0.39 is 12.5 Å². The molecule has 0 amide bonds. The average molecular weight is 550 g/mol. The molecule has 39 heavy (non-hydrogen) atoms. The number of ketones is 3. The molecule has 2 aromatic carbocycles. The van der Waals surface area contributed by atoms with Gasteiger partial charge in [0.1, 0.15) is 17.3 Å². The van der Waals surface area contributed by atoms with Crippen LogP contribution in [0.3, 0.4) is 0 Å². The molecule has 0 fully saturated rings. The summed E-state index contributed by atoms with van der Waals surface area (Å²) in [6, 6.07) is 11.2. The lowest BCUT2D eigenvalue weighted by molar-refractivity contribution is -0.131. The Kier molecular flexibility index (Phi) is 14.8. The first-order chi connectivity index (χ1) is 18.2. The topological polar surface area (TPSA) is 165 Å². The van der Waals surface area contributed by atoms with Crippen molar-refractivity contribution in [2.45, 2.75) is 45.6 Å². The third-order valence-corrected chi connectivity index (χ3v) is 6.82. The molecule has 0 spiro atoms. The van der Waals surface area contributed by atoms with Crippen LogP contribution in [0.2, 0.25) is 0 Å². The first-order valence-electron chi connectivity index (χ1n) is 13.0. The number of benzene rings is 2. The van der Waals surface area contributed by atoms with Crippen LogP contribution in [-0.2, 0) is 27.4 Å². The summed E-state index contributed by atoms with van der Waals surface area (Å²) < 4.78 is 5.24. The largest absolute Gasteiger partial charge is 0.507 e. The molecule has 9 nitrogen and oxygen atoms in total. The number of aromatic hydroxyl groups is 1. The number of nitrogens with one attached hydrogen (secondary N) is 1. The maximum atomic E-state index is 13.1. The van der Waals surface area contributed by atoms with Gasteiger partial charge in [-0.1, -0.05) is 24.3 Å². The van der Waals surface area contributed by atoms with Crippen LogP contribution < -0.4 is 5.32 Å². The van der Waals surface area contributed by atoms with E-state index in [1.54, 1.807) is 13.2 Å². The third-order valence-electron chi connectivity index (χ3n) is 6.82. The van der Waals surface area contributed by atoms with Gasteiger partial charge in [0.2, 0.25) is 0 Å². The average Bonchev–Trinajstić information content (AvgIpc) is 2.85. The van der Waals surface area contributed by atoms with Crippen molar-refractivity contribution in [1.29, 1.82) is 0 Å². The minimum absolute atomic E-state index is 0. The number of phenolic OH excluding ortho intramolecular Hbond substituents is 1. The molecule has 3 atom stereocenters.